The molecule has 1 unspecified atom stereocenters. The number of carboxylic acid groups (broad SMARTS) is 1. The van der Waals surface area contributed by atoms with Gasteiger partial charge in [-0.2, -0.15) is 4.31 Å². The van der Waals surface area contributed by atoms with Gasteiger partial charge in [0, 0.05) is 18.2 Å². The lowest BCUT2D eigenvalue weighted by molar-refractivity contribution is -0.148. The van der Waals surface area contributed by atoms with E-state index in [1.54, 1.807) is 0 Å². The highest BCUT2D eigenvalue weighted by Crippen LogP contribution is 2.32. The molecule has 0 aromatic heterocycles. The van der Waals surface area contributed by atoms with Crippen LogP contribution in [-0.4, -0.2) is 47.8 Å². The van der Waals surface area contributed by atoms with Crippen molar-refractivity contribution in [2.45, 2.75) is 61.9 Å². The number of nitrogens with one attached hydrogen (secondary N) is 1. The van der Waals surface area contributed by atoms with Gasteiger partial charge in [-0.05, 0) is 63.3 Å². The van der Waals surface area contributed by atoms with Gasteiger partial charge in [0.15, 0.2) is 0 Å². The summed E-state index contributed by atoms with van der Waals surface area (Å²) in [6.45, 7) is 2.41. The molecule has 1 aliphatic heterocycles. The number of hydrogen-bond acceptors (Lipinski definition) is 4. The number of aliphatic carboxylic acids is 1. The summed E-state index contributed by atoms with van der Waals surface area (Å²) in [6.07, 6.45) is 4.30. The Bertz CT molecular complexity index is 799. The maximum Gasteiger partial charge on any atom is 0.329 e. The number of hydrogen-bond donors (Lipinski definition) is 2. The van der Waals surface area contributed by atoms with Crippen molar-refractivity contribution < 1.29 is 23.1 Å². The van der Waals surface area contributed by atoms with Gasteiger partial charge in [0.2, 0.25) is 10.0 Å². The Hall–Kier alpha value is -1.93. The molecule has 1 aromatic carbocycles. The normalized spacial score (nSPS) is 23.0. The van der Waals surface area contributed by atoms with Crippen molar-refractivity contribution in [3.8, 4) is 0 Å². The molecule has 1 amide bonds. The van der Waals surface area contributed by atoms with Gasteiger partial charge in [0.1, 0.15) is 5.54 Å². The Labute approximate surface area is 153 Å². The van der Waals surface area contributed by atoms with Crippen LogP contribution in [0.1, 0.15) is 55.8 Å². The number of carbonyl (C=O) groups is 2. The van der Waals surface area contributed by atoms with Crippen LogP contribution in [0.4, 0.5) is 0 Å². The minimum Gasteiger partial charge on any atom is -0.480 e. The van der Waals surface area contributed by atoms with Gasteiger partial charge in [0.25, 0.3) is 5.91 Å². The maximum atomic E-state index is 12.8. The third-order valence-electron chi connectivity index (χ3n) is 5.43. The monoisotopic (exact) mass is 380 g/mol. The van der Waals surface area contributed by atoms with Crippen molar-refractivity contribution in [1.29, 1.82) is 0 Å². The number of sulfonamides is 1. The average Bonchev–Trinajstić information content (AvgIpc) is 2.58. The second-order valence-electron chi connectivity index (χ2n) is 7.18. The van der Waals surface area contributed by atoms with E-state index in [1.807, 2.05) is 6.92 Å². The molecule has 0 bridgehead atoms. The van der Waals surface area contributed by atoms with Crippen molar-refractivity contribution in [2.75, 3.05) is 6.54 Å². The standard InChI is InChI=1S/C18H24N2O5S/c1-13-5-2-3-12-20(13)26(24,25)15-8-6-14(7-9-15)16(21)19-18(17(22)23)10-4-11-18/h6-9,13H,2-5,10-12H2,1H3,(H,19,21)(H,22,23). The number of carboxylic acids is 1. The van der Waals surface area contributed by atoms with E-state index in [2.05, 4.69) is 5.32 Å². The van der Waals surface area contributed by atoms with Crippen LogP contribution in [-0.2, 0) is 14.8 Å². The summed E-state index contributed by atoms with van der Waals surface area (Å²) in [5.41, 5.74) is -0.936. The van der Waals surface area contributed by atoms with Crippen LogP contribution in [0, 0.1) is 0 Å². The molecule has 2 aliphatic rings. The fourth-order valence-corrected chi connectivity index (χ4v) is 5.25. The number of benzene rings is 1. The summed E-state index contributed by atoms with van der Waals surface area (Å²) in [5, 5.41) is 11.9. The highest BCUT2D eigenvalue weighted by molar-refractivity contribution is 7.89. The third kappa shape index (κ3) is 3.35. The minimum absolute atomic E-state index is 0.0363. The number of amides is 1. The summed E-state index contributed by atoms with van der Waals surface area (Å²) >= 11 is 0. The van der Waals surface area contributed by atoms with E-state index in [0.717, 1.165) is 25.7 Å². The van der Waals surface area contributed by atoms with E-state index < -0.39 is 27.4 Å². The molecular weight excluding hydrogens is 356 g/mol. The van der Waals surface area contributed by atoms with Gasteiger partial charge in [-0.15, -0.1) is 0 Å². The third-order valence-corrected chi connectivity index (χ3v) is 7.46. The Morgan fingerprint density at radius 1 is 1.15 bits per heavy atom. The molecule has 2 fully saturated rings. The average molecular weight is 380 g/mol. The van der Waals surface area contributed by atoms with E-state index >= 15 is 0 Å². The molecular formula is C18H24N2O5S. The second kappa shape index (κ2) is 7.00. The zero-order valence-corrected chi connectivity index (χ0v) is 15.6. The number of piperidine rings is 1. The fourth-order valence-electron chi connectivity index (χ4n) is 3.55. The van der Waals surface area contributed by atoms with Crippen LogP contribution in [0.5, 0.6) is 0 Å². The van der Waals surface area contributed by atoms with E-state index in [4.69, 9.17) is 0 Å². The lowest BCUT2D eigenvalue weighted by Gasteiger charge is -2.38. The zero-order chi connectivity index (χ0) is 18.9. The van der Waals surface area contributed by atoms with E-state index in [9.17, 15) is 23.1 Å². The molecule has 1 saturated carbocycles. The molecule has 1 heterocycles. The van der Waals surface area contributed by atoms with E-state index in [1.165, 1.54) is 28.6 Å². The molecule has 1 saturated heterocycles. The molecule has 1 atom stereocenters. The quantitative estimate of drug-likeness (QED) is 0.813. The fraction of sp³-hybridized carbons (Fsp3) is 0.556. The van der Waals surface area contributed by atoms with Crippen molar-refractivity contribution in [2.24, 2.45) is 0 Å². The topological polar surface area (TPSA) is 104 Å². The molecule has 7 nitrogen and oxygen atoms in total. The van der Waals surface area contributed by atoms with Crippen molar-refractivity contribution in [1.82, 2.24) is 9.62 Å². The first-order chi connectivity index (χ1) is 12.3. The molecule has 26 heavy (non-hydrogen) atoms. The van der Waals surface area contributed by atoms with Gasteiger partial charge in [-0.3, -0.25) is 4.79 Å². The molecule has 1 aromatic rings. The predicted octanol–water partition coefficient (Wildman–Crippen LogP) is 1.99. The second-order valence-corrected chi connectivity index (χ2v) is 9.07. The summed E-state index contributed by atoms with van der Waals surface area (Å²) in [7, 11) is -3.59. The van der Waals surface area contributed by atoms with Crippen molar-refractivity contribution in [3.63, 3.8) is 0 Å². The lowest BCUT2D eigenvalue weighted by Crippen LogP contribution is -2.59. The molecule has 1 aliphatic carbocycles. The van der Waals surface area contributed by atoms with Gasteiger partial charge < -0.3 is 10.4 Å². The van der Waals surface area contributed by atoms with Crippen LogP contribution in [0.25, 0.3) is 0 Å². The number of carbonyl (C=O) groups excluding carboxylic acids is 1. The van der Waals surface area contributed by atoms with Crippen molar-refractivity contribution in [3.05, 3.63) is 29.8 Å². The van der Waals surface area contributed by atoms with Crippen LogP contribution in [0.3, 0.4) is 0 Å². The lowest BCUT2D eigenvalue weighted by atomic mass is 9.76. The van der Waals surface area contributed by atoms with E-state index in [-0.39, 0.29) is 16.5 Å². The highest BCUT2D eigenvalue weighted by atomic mass is 32.2. The summed E-state index contributed by atoms with van der Waals surface area (Å²) in [6, 6.07) is 5.67. The van der Waals surface area contributed by atoms with Gasteiger partial charge in [-0.25, -0.2) is 13.2 Å². The molecule has 8 heteroatoms. The molecule has 142 valence electrons. The SMILES string of the molecule is CC1CCCCN1S(=O)(=O)c1ccc(C(=O)NC2(C(=O)O)CCC2)cc1. The largest absolute Gasteiger partial charge is 0.480 e. The predicted molar refractivity (Wildman–Crippen MR) is 95.3 cm³/mol. The Morgan fingerprint density at radius 3 is 2.31 bits per heavy atom. The summed E-state index contributed by atoms with van der Waals surface area (Å²) < 4.78 is 27.1. The molecule has 3 rings (SSSR count). The van der Waals surface area contributed by atoms with Crippen LogP contribution >= 0.6 is 0 Å². The zero-order valence-electron chi connectivity index (χ0n) is 14.8. The maximum absolute atomic E-state index is 12.8. The Balaban J connectivity index is 1.76. The smallest absolute Gasteiger partial charge is 0.329 e. The van der Waals surface area contributed by atoms with Crippen LogP contribution < -0.4 is 5.32 Å². The number of nitrogens with zero attached hydrogens (tertiary/aromatic N) is 1. The molecule has 0 radical (unpaired) electrons. The highest BCUT2D eigenvalue weighted by Gasteiger charge is 2.45. The molecule has 2 N–H and O–H groups in total. The van der Waals surface area contributed by atoms with Crippen LogP contribution in [0.15, 0.2) is 29.2 Å². The van der Waals surface area contributed by atoms with Gasteiger partial charge in [-0.1, -0.05) is 6.42 Å². The first-order valence-electron chi connectivity index (χ1n) is 8.94. The van der Waals surface area contributed by atoms with Gasteiger partial charge >= 0.3 is 5.97 Å². The first kappa shape index (κ1) is 18.8. The minimum atomic E-state index is -3.59. The van der Waals surface area contributed by atoms with Crippen molar-refractivity contribution >= 4 is 21.9 Å². The summed E-state index contributed by atoms with van der Waals surface area (Å²) in [5.74, 6) is -1.53. The number of rotatable bonds is 5. The summed E-state index contributed by atoms with van der Waals surface area (Å²) in [4.78, 5) is 23.9. The van der Waals surface area contributed by atoms with Crippen LogP contribution in [0.2, 0.25) is 0 Å². The van der Waals surface area contributed by atoms with E-state index in [0.29, 0.717) is 19.4 Å². The van der Waals surface area contributed by atoms with Gasteiger partial charge in [0.05, 0.1) is 4.90 Å². The molecule has 0 spiro atoms. The first-order valence-corrected chi connectivity index (χ1v) is 10.4. The Kier molecular flexibility index (Phi) is 5.07. The Morgan fingerprint density at radius 2 is 1.81 bits per heavy atom.